The van der Waals surface area contributed by atoms with Crippen LogP contribution in [0.3, 0.4) is 0 Å². The zero-order chi connectivity index (χ0) is 18.1. The van der Waals surface area contributed by atoms with Gasteiger partial charge in [-0.3, -0.25) is 4.79 Å². The van der Waals surface area contributed by atoms with Crippen LogP contribution in [0, 0.1) is 5.82 Å². The molecule has 0 aliphatic carbocycles. The van der Waals surface area contributed by atoms with Gasteiger partial charge in [-0.25, -0.2) is 9.18 Å². The molecule has 0 aromatic heterocycles. The monoisotopic (exact) mass is 345 g/mol. The number of benzene rings is 2. The summed E-state index contributed by atoms with van der Waals surface area (Å²) in [5.41, 5.74) is 0.518. The van der Waals surface area contributed by atoms with Crippen LogP contribution >= 0.6 is 0 Å². The van der Waals surface area contributed by atoms with E-state index in [4.69, 9.17) is 9.47 Å². The van der Waals surface area contributed by atoms with Gasteiger partial charge in [0.05, 0.1) is 0 Å². The van der Waals surface area contributed by atoms with Crippen LogP contribution in [0.1, 0.15) is 12.5 Å². The third-order valence-corrected chi connectivity index (χ3v) is 3.41. The van der Waals surface area contributed by atoms with Gasteiger partial charge in [-0.2, -0.15) is 0 Å². The van der Waals surface area contributed by atoms with Gasteiger partial charge < -0.3 is 14.8 Å². The van der Waals surface area contributed by atoms with Crippen LogP contribution in [0.4, 0.5) is 4.39 Å². The lowest BCUT2D eigenvalue weighted by molar-refractivity contribution is -0.154. The second kappa shape index (κ2) is 9.42. The van der Waals surface area contributed by atoms with E-state index in [-0.39, 0.29) is 12.4 Å². The average molecular weight is 345 g/mol. The Kier molecular flexibility index (Phi) is 6.95. The molecule has 5 nitrogen and oxygen atoms in total. The third kappa shape index (κ3) is 6.25. The Hall–Kier alpha value is -2.89. The number of nitrogens with one attached hydrogen (secondary N) is 1. The van der Waals surface area contributed by atoms with Crippen molar-refractivity contribution in [2.75, 3.05) is 13.2 Å². The van der Waals surface area contributed by atoms with E-state index in [0.29, 0.717) is 17.7 Å². The topological polar surface area (TPSA) is 64.6 Å². The van der Waals surface area contributed by atoms with E-state index in [1.807, 2.05) is 6.07 Å². The maximum Gasteiger partial charge on any atom is 0.347 e. The van der Waals surface area contributed by atoms with Crippen molar-refractivity contribution >= 4 is 11.9 Å². The van der Waals surface area contributed by atoms with Crippen LogP contribution in [-0.4, -0.2) is 31.1 Å². The van der Waals surface area contributed by atoms with Gasteiger partial charge in [0.15, 0.2) is 12.7 Å². The molecule has 0 saturated carbocycles. The van der Waals surface area contributed by atoms with E-state index in [2.05, 4.69) is 5.32 Å². The highest BCUT2D eigenvalue weighted by Crippen LogP contribution is 2.11. The van der Waals surface area contributed by atoms with Gasteiger partial charge in [-0.1, -0.05) is 36.4 Å². The number of halogens is 1. The molecule has 0 heterocycles. The Labute approximate surface area is 145 Å². The maximum atomic E-state index is 13.4. The Morgan fingerprint density at radius 3 is 2.48 bits per heavy atom. The van der Waals surface area contributed by atoms with Crippen molar-refractivity contribution in [1.82, 2.24) is 5.32 Å². The summed E-state index contributed by atoms with van der Waals surface area (Å²) in [4.78, 5) is 23.5. The summed E-state index contributed by atoms with van der Waals surface area (Å²) in [6, 6.07) is 15.2. The van der Waals surface area contributed by atoms with E-state index in [1.165, 1.54) is 6.07 Å². The minimum Gasteiger partial charge on any atom is -0.479 e. The number of esters is 1. The molecule has 0 aliphatic rings. The number of carbonyl (C=O) groups is 2. The van der Waals surface area contributed by atoms with E-state index in [1.54, 1.807) is 49.4 Å². The first-order chi connectivity index (χ1) is 12.1. The number of hydrogen-bond acceptors (Lipinski definition) is 4. The van der Waals surface area contributed by atoms with E-state index in [9.17, 15) is 14.0 Å². The minimum atomic E-state index is -0.825. The highest BCUT2D eigenvalue weighted by molar-refractivity contribution is 5.81. The van der Waals surface area contributed by atoms with Crippen molar-refractivity contribution in [3.63, 3.8) is 0 Å². The standard InChI is InChI=1S/C19H20FNO4/c1-14(25-16-8-3-2-4-9-16)19(23)24-13-18(22)21-12-11-15-7-5-6-10-17(15)20/h2-10,14H,11-13H2,1H3,(H,21,22)/t14-/m0/s1. The molecular formula is C19H20FNO4. The van der Waals surface area contributed by atoms with Gasteiger partial charge in [0, 0.05) is 6.54 Å². The summed E-state index contributed by atoms with van der Waals surface area (Å²) in [5, 5.41) is 2.58. The lowest BCUT2D eigenvalue weighted by Crippen LogP contribution is -2.33. The molecule has 1 atom stereocenters. The fraction of sp³-hybridized carbons (Fsp3) is 0.263. The number of carbonyl (C=O) groups excluding carboxylic acids is 2. The third-order valence-electron chi connectivity index (χ3n) is 3.41. The van der Waals surface area contributed by atoms with Gasteiger partial charge in [-0.15, -0.1) is 0 Å². The van der Waals surface area contributed by atoms with Gasteiger partial charge in [0.1, 0.15) is 11.6 Å². The molecule has 0 fully saturated rings. The van der Waals surface area contributed by atoms with Crippen molar-refractivity contribution in [2.24, 2.45) is 0 Å². The maximum absolute atomic E-state index is 13.4. The fourth-order valence-electron chi connectivity index (χ4n) is 2.09. The van der Waals surface area contributed by atoms with Gasteiger partial charge >= 0.3 is 5.97 Å². The second-order valence-corrected chi connectivity index (χ2v) is 5.37. The zero-order valence-corrected chi connectivity index (χ0v) is 13.9. The van der Waals surface area contributed by atoms with Gasteiger partial charge in [0.25, 0.3) is 5.91 Å². The molecule has 2 aromatic carbocycles. The molecule has 0 radical (unpaired) electrons. The van der Waals surface area contributed by atoms with Crippen LogP contribution in [0.2, 0.25) is 0 Å². The summed E-state index contributed by atoms with van der Waals surface area (Å²) < 4.78 is 23.8. The molecule has 0 saturated heterocycles. The van der Waals surface area contributed by atoms with Crippen molar-refractivity contribution < 1.29 is 23.5 Å². The van der Waals surface area contributed by atoms with E-state index >= 15 is 0 Å². The van der Waals surface area contributed by atoms with Gasteiger partial charge in [0.2, 0.25) is 0 Å². The summed E-state index contributed by atoms with van der Waals surface area (Å²) in [6.45, 7) is 1.40. The zero-order valence-electron chi connectivity index (χ0n) is 13.9. The highest BCUT2D eigenvalue weighted by atomic mass is 19.1. The Morgan fingerprint density at radius 2 is 1.76 bits per heavy atom. The molecule has 2 rings (SSSR count). The largest absolute Gasteiger partial charge is 0.479 e. The first-order valence-corrected chi connectivity index (χ1v) is 7.94. The first-order valence-electron chi connectivity index (χ1n) is 7.94. The van der Waals surface area contributed by atoms with Crippen LogP contribution < -0.4 is 10.1 Å². The summed E-state index contributed by atoms with van der Waals surface area (Å²) in [7, 11) is 0. The molecule has 2 aromatic rings. The summed E-state index contributed by atoms with van der Waals surface area (Å²) in [5.74, 6) is -0.846. The first kappa shape index (κ1) is 18.4. The molecule has 6 heteroatoms. The fourth-order valence-corrected chi connectivity index (χ4v) is 2.09. The molecule has 0 bridgehead atoms. The van der Waals surface area contributed by atoms with Crippen molar-refractivity contribution in [1.29, 1.82) is 0 Å². The second-order valence-electron chi connectivity index (χ2n) is 5.37. The van der Waals surface area contributed by atoms with Crippen LogP contribution in [0.15, 0.2) is 54.6 Å². The van der Waals surface area contributed by atoms with Crippen molar-refractivity contribution in [3.05, 3.63) is 66.0 Å². The number of hydrogen-bond donors (Lipinski definition) is 1. The number of para-hydroxylation sites is 1. The SMILES string of the molecule is C[C@H](Oc1ccccc1)C(=O)OCC(=O)NCCc1ccccc1F. The smallest absolute Gasteiger partial charge is 0.347 e. The van der Waals surface area contributed by atoms with Crippen LogP contribution in [0.5, 0.6) is 5.75 Å². The lowest BCUT2D eigenvalue weighted by atomic mass is 10.1. The van der Waals surface area contributed by atoms with Crippen molar-refractivity contribution in [2.45, 2.75) is 19.4 Å². The van der Waals surface area contributed by atoms with Crippen LogP contribution in [0.25, 0.3) is 0 Å². The molecule has 132 valence electrons. The lowest BCUT2D eigenvalue weighted by Gasteiger charge is -2.13. The molecule has 1 amide bonds. The molecular weight excluding hydrogens is 325 g/mol. The highest BCUT2D eigenvalue weighted by Gasteiger charge is 2.17. The summed E-state index contributed by atoms with van der Waals surface area (Å²) in [6.07, 6.45) is -0.464. The van der Waals surface area contributed by atoms with E-state index < -0.39 is 24.6 Å². The predicted molar refractivity (Wildman–Crippen MR) is 90.6 cm³/mol. The number of ether oxygens (including phenoxy) is 2. The Morgan fingerprint density at radius 1 is 1.08 bits per heavy atom. The minimum absolute atomic E-state index is 0.257. The van der Waals surface area contributed by atoms with Crippen molar-refractivity contribution in [3.8, 4) is 5.75 Å². The predicted octanol–water partition coefficient (Wildman–Crippen LogP) is 2.50. The quantitative estimate of drug-likeness (QED) is 0.747. The average Bonchev–Trinajstić information content (AvgIpc) is 2.62. The number of rotatable bonds is 8. The Bertz CT molecular complexity index is 706. The normalized spacial score (nSPS) is 11.4. The molecule has 0 unspecified atom stereocenters. The van der Waals surface area contributed by atoms with Gasteiger partial charge in [-0.05, 0) is 37.1 Å². The van der Waals surface area contributed by atoms with E-state index in [0.717, 1.165) is 0 Å². The Balaban J connectivity index is 1.67. The molecule has 25 heavy (non-hydrogen) atoms. The summed E-state index contributed by atoms with van der Waals surface area (Å²) >= 11 is 0. The molecule has 1 N–H and O–H groups in total. The van der Waals surface area contributed by atoms with Crippen LogP contribution in [-0.2, 0) is 20.7 Å². The number of amides is 1. The molecule has 0 spiro atoms. The molecule has 0 aliphatic heterocycles.